The number of amides is 1. The van der Waals surface area contributed by atoms with Gasteiger partial charge in [0.1, 0.15) is 24.3 Å². The summed E-state index contributed by atoms with van der Waals surface area (Å²) in [6, 6.07) is 13.6. The molecule has 0 bridgehead atoms. The van der Waals surface area contributed by atoms with Crippen molar-refractivity contribution in [3.8, 4) is 5.75 Å². The van der Waals surface area contributed by atoms with E-state index in [1.807, 2.05) is 30.3 Å². The lowest BCUT2D eigenvalue weighted by molar-refractivity contribution is -0.150. The third kappa shape index (κ3) is 3.09. The SMILES string of the molecule is O=C1CO[C@H](c2ccc(O)cc2F)CN1Cc1ccccc1. The van der Waals surface area contributed by atoms with E-state index in [1.54, 1.807) is 4.90 Å². The third-order valence-electron chi connectivity index (χ3n) is 3.69. The van der Waals surface area contributed by atoms with E-state index in [0.29, 0.717) is 12.1 Å². The second-order valence-electron chi connectivity index (χ2n) is 5.27. The Morgan fingerprint density at radius 2 is 2.00 bits per heavy atom. The van der Waals surface area contributed by atoms with Crippen LogP contribution in [0.15, 0.2) is 48.5 Å². The molecule has 1 aliphatic rings. The lowest BCUT2D eigenvalue weighted by Gasteiger charge is -2.33. The van der Waals surface area contributed by atoms with Gasteiger partial charge in [-0.05, 0) is 17.7 Å². The molecular weight excluding hydrogens is 285 g/mol. The molecule has 1 heterocycles. The summed E-state index contributed by atoms with van der Waals surface area (Å²) in [5.41, 5.74) is 1.37. The molecule has 1 amide bonds. The molecule has 0 saturated carbocycles. The molecule has 3 rings (SSSR count). The number of halogens is 1. The fraction of sp³-hybridized carbons (Fsp3) is 0.235. The van der Waals surface area contributed by atoms with E-state index in [0.717, 1.165) is 11.6 Å². The van der Waals surface area contributed by atoms with Crippen molar-refractivity contribution in [3.05, 3.63) is 65.5 Å². The number of phenolic OH excluding ortho intramolecular Hbond substituents is 1. The maximum absolute atomic E-state index is 13.9. The highest BCUT2D eigenvalue weighted by atomic mass is 19.1. The Morgan fingerprint density at radius 1 is 1.23 bits per heavy atom. The number of ether oxygens (including phenoxy) is 1. The van der Waals surface area contributed by atoms with Gasteiger partial charge in [-0.3, -0.25) is 4.79 Å². The lowest BCUT2D eigenvalue weighted by atomic mass is 10.1. The lowest BCUT2D eigenvalue weighted by Crippen LogP contribution is -2.42. The van der Waals surface area contributed by atoms with Crippen molar-refractivity contribution in [1.82, 2.24) is 4.90 Å². The molecule has 0 radical (unpaired) electrons. The summed E-state index contributed by atoms with van der Waals surface area (Å²) in [4.78, 5) is 13.6. The summed E-state index contributed by atoms with van der Waals surface area (Å²) >= 11 is 0. The van der Waals surface area contributed by atoms with E-state index in [2.05, 4.69) is 0 Å². The van der Waals surface area contributed by atoms with Gasteiger partial charge >= 0.3 is 0 Å². The first-order valence-corrected chi connectivity index (χ1v) is 7.05. The second kappa shape index (κ2) is 6.15. The molecule has 5 heteroatoms. The number of nitrogens with zero attached hydrogens (tertiary/aromatic N) is 1. The molecule has 22 heavy (non-hydrogen) atoms. The first-order valence-electron chi connectivity index (χ1n) is 7.05. The number of hydrogen-bond donors (Lipinski definition) is 1. The topological polar surface area (TPSA) is 49.8 Å². The van der Waals surface area contributed by atoms with E-state index < -0.39 is 11.9 Å². The quantitative estimate of drug-likeness (QED) is 0.948. The fourth-order valence-electron chi connectivity index (χ4n) is 2.54. The standard InChI is InChI=1S/C17H16FNO3/c18-15-8-13(20)6-7-14(15)16-10-19(17(21)11-22-16)9-12-4-2-1-3-5-12/h1-8,16,20H,9-11H2/t16-/m0/s1. The van der Waals surface area contributed by atoms with Crippen LogP contribution in [0.5, 0.6) is 5.75 Å². The van der Waals surface area contributed by atoms with Gasteiger partial charge in [0.15, 0.2) is 0 Å². The van der Waals surface area contributed by atoms with Gasteiger partial charge in [-0.25, -0.2) is 4.39 Å². The van der Waals surface area contributed by atoms with Crippen LogP contribution >= 0.6 is 0 Å². The normalized spacial score (nSPS) is 18.5. The van der Waals surface area contributed by atoms with E-state index in [1.165, 1.54) is 12.1 Å². The molecule has 1 N–H and O–H groups in total. The van der Waals surface area contributed by atoms with Crippen LogP contribution in [0.25, 0.3) is 0 Å². The zero-order chi connectivity index (χ0) is 15.5. The molecule has 2 aromatic carbocycles. The van der Waals surface area contributed by atoms with Crippen molar-refractivity contribution in [2.24, 2.45) is 0 Å². The first kappa shape index (κ1) is 14.5. The van der Waals surface area contributed by atoms with Crippen molar-refractivity contribution in [2.75, 3.05) is 13.2 Å². The van der Waals surface area contributed by atoms with Crippen LogP contribution < -0.4 is 0 Å². The Morgan fingerprint density at radius 3 is 2.73 bits per heavy atom. The van der Waals surface area contributed by atoms with Gasteiger partial charge < -0.3 is 14.7 Å². The number of aromatic hydroxyl groups is 1. The van der Waals surface area contributed by atoms with Gasteiger partial charge in [-0.15, -0.1) is 0 Å². The number of rotatable bonds is 3. The van der Waals surface area contributed by atoms with E-state index in [4.69, 9.17) is 4.74 Å². The van der Waals surface area contributed by atoms with Crippen LogP contribution in [-0.4, -0.2) is 29.1 Å². The van der Waals surface area contributed by atoms with Crippen LogP contribution in [0, 0.1) is 5.82 Å². The van der Waals surface area contributed by atoms with Gasteiger partial charge in [-0.1, -0.05) is 30.3 Å². The summed E-state index contributed by atoms with van der Waals surface area (Å²) in [5, 5.41) is 9.28. The van der Waals surface area contributed by atoms with E-state index in [9.17, 15) is 14.3 Å². The highest BCUT2D eigenvalue weighted by molar-refractivity contribution is 5.78. The molecule has 1 saturated heterocycles. The van der Waals surface area contributed by atoms with Crippen LogP contribution in [0.4, 0.5) is 4.39 Å². The molecule has 1 atom stereocenters. The van der Waals surface area contributed by atoms with Crippen LogP contribution in [-0.2, 0) is 16.1 Å². The van der Waals surface area contributed by atoms with Crippen molar-refractivity contribution >= 4 is 5.91 Å². The van der Waals surface area contributed by atoms with Crippen molar-refractivity contribution in [2.45, 2.75) is 12.6 Å². The molecule has 0 aromatic heterocycles. The highest BCUT2D eigenvalue weighted by Crippen LogP contribution is 2.27. The number of morpholine rings is 1. The number of benzene rings is 2. The third-order valence-corrected chi connectivity index (χ3v) is 3.69. The molecule has 1 fully saturated rings. The molecule has 0 spiro atoms. The minimum Gasteiger partial charge on any atom is -0.508 e. The average Bonchev–Trinajstić information content (AvgIpc) is 2.51. The minimum absolute atomic E-state index is 0.0716. The number of hydrogen-bond acceptors (Lipinski definition) is 3. The molecular formula is C17H16FNO3. The minimum atomic E-state index is -0.529. The Hall–Kier alpha value is -2.40. The summed E-state index contributed by atoms with van der Waals surface area (Å²) in [5.74, 6) is -0.771. The Kier molecular flexibility index (Phi) is 4.06. The van der Waals surface area contributed by atoms with Crippen molar-refractivity contribution in [1.29, 1.82) is 0 Å². The summed E-state index contributed by atoms with van der Waals surface area (Å²) < 4.78 is 19.4. The predicted molar refractivity (Wildman–Crippen MR) is 78.6 cm³/mol. The Balaban J connectivity index is 1.77. The number of carbonyl (C=O) groups excluding carboxylic acids is 1. The van der Waals surface area contributed by atoms with Gasteiger partial charge in [0.05, 0.1) is 6.54 Å². The van der Waals surface area contributed by atoms with Crippen LogP contribution in [0.1, 0.15) is 17.2 Å². The van der Waals surface area contributed by atoms with Crippen LogP contribution in [0.2, 0.25) is 0 Å². The fourth-order valence-corrected chi connectivity index (χ4v) is 2.54. The molecule has 4 nitrogen and oxygen atoms in total. The Bertz CT molecular complexity index is 675. The number of carbonyl (C=O) groups is 1. The van der Waals surface area contributed by atoms with E-state index in [-0.39, 0.29) is 24.8 Å². The maximum atomic E-state index is 13.9. The molecule has 1 aliphatic heterocycles. The maximum Gasteiger partial charge on any atom is 0.249 e. The van der Waals surface area contributed by atoms with Crippen LogP contribution in [0.3, 0.4) is 0 Å². The highest BCUT2D eigenvalue weighted by Gasteiger charge is 2.29. The molecule has 0 aliphatic carbocycles. The van der Waals surface area contributed by atoms with E-state index >= 15 is 0 Å². The zero-order valence-electron chi connectivity index (χ0n) is 11.9. The molecule has 114 valence electrons. The Labute approximate surface area is 127 Å². The number of phenols is 1. The smallest absolute Gasteiger partial charge is 0.249 e. The predicted octanol–water partition coefficient (Wildman–Crippen LogP) is 2.63. The first-order chi connectivity index (χ1) is 10.6. The van der Waals surface area contributed by atoms with Gasteiger partial charge in [-0.2, -0.15) is 0 Å². The largest absolute Gasteiger partial charge is 0.508 e. The molecule has 2 aromatic rings. The van der Waals surface area contributed by atoms with Gasteiger partial charge in [0, 0.05) is 18.2 Å². The monoisotopic (exact) mass is 301 g/mol. The van der Waals surface area contributed by atoms with Crippen molar-refractivity contribution < 1.29 is 19.0 Å². The van der Waals surface area contributed by atoms with Gasteiger partial charge in [0.2, 0.25) is 5.91 Å². The summed E-state index contributed by atoms with van der Waals surface area (Å²) in [6.07, 6.45) is -0.526. The average molecular weight is 301 g/mol. The van der Waals surface area contributed by atoms with Crippen molar-refractivity contribution in [3.63, 3.8) is 0 Å². The van der Waals surface area contributed by atoms with Gasteiger partial charge in [0.25, 0.3) is 0 Å². The zero-order valence-corrected chi connectivity index (χ0v) is 11.9. The summed E-state index contributed by atoms with van der Waals surface area (Å²) in [7, 11) is 0. The second-order valence-corrected chi connectivity index (χ2v) is 5.27. The summed E-state index contributed by atoms with van der Waals surface area (Å²) in [6.45, 7) is 0.687. The molecule has 0 unspecified atom stereocenters.